The fourth-order valence-electron chi connectivity index (χ4n) is 2.86. The van der Waals surface area contributed by atoms with Crippen molar-refractivity contribution in [2.45, 2.75) is 13.5 Å². The van der Waals surface area contributed by atoms with Gasteiger partial charge in [-0.3, -0.25) is 4.79 Å². The number of esters is 1. The number of hydrogen-bond acceptors (Lipinski definition) is 6. The van der Waals surface area contributed by atoms with Crippen LogP contribution in [-0.4, -0.2) is 31.3 Å². The van der Waals surface area contributed by atoms with Crippen LogP contribution in [0.2, 0.25) is 0 Å². The summed E-state index contributed by atoms with van der Waals surface area (Å²) in [6.45, 7) is 2.06. The van der Waals surface area contributed by atoms with Gasteiger partial charge in [-0.1, -0.05) is 41.6 Å². The summed E-state index contributed by atoms with van der Waals surface area (Å²) in [5.74, 6) is -0.151. The summed E-state index contributed by atoms with van der Waals surface area (Å²) < 4.78 is 15.4. The molecule has 0 radical (unpaired) electrons. The minimum atomic E-state index is -0.577. The zero-order valence-electron chi connectivity index (χ0n) is 15.8. The fraction of sp³-hybridized carbons (Fsp3) is 0.190. The summed E-state index contributed by atoms with van der Waals surface area (Å²) in [6, 6.07) is 14.3. The quantitative estimate of drug-likeness (QED) is 0.660. The SMILES string of the molecule is COC(=O)c1cccc(C(=O)NCc2noc(-c3ccccc3)c2C)c1OC. The van der Waals surface area contributed by atoms with Crippen LogP contribution in [0.25, 0.3) is 11.3 Å². The third-order valence-electron chi connectivity index (χ3n) is 4.34. The normalized spacial score (nSPS) is 10.4. The Labute approximate surface area is 162 Å². The molecule has 0 aliphatic rings. The van der Waals surface area contributed by atoms with Crippen molar-refractivity contribution < 1.29 is 23.6 Å². The highest BCUT2D eigenvalue weighted by Gasteiger charge is 2.21. The Kier molecular flexibility index (Phi) is 5.74. The minimum Gasteiger partial charge on any atom is -0.495 e. The third kappa shape index (κ3) is 3.73. The second-order valence-corrected chi connectivity index (χ2v) is 6.01. The fourth-order valence-corrected chi connectivity index (χ4v) is 2.86. The molecule has 0 spiro atoms. The van der Waals surface area contributed by atoms with Crippen LogP contribution in [0.3, 0.4) is 0 Å². The lowest BCUT2D eigenvalue weighted by Crippen LogP contribution is -2.24. The van der Waals surface area contributed by atoms with E-state index in [2.05, 4.69) is 10.5 Å². The lowest BCUT2D eigenvalue weighted by Gasteiger charge is -2.12. The molecule has 1 N–H and O–H groups in total. The number of nitrogens with zero attached hydrogens (tertiary/aromatic N) is 1. The maximum Gasteiger partial charge on any atom is 0.341 e. The molecule has 144 valence electrons. The Bertz CT molecular complexity index is 995. The van der Waals surface area contributed by atoms with Crippen LogP contribution in [0.4, 0.5) is 0 Å². The molecule has 0 aliphatic heterocycles. The number of carbonyl (C=O) groups excluding carboxylic acids is 2. The number of methoxy groups -OCH3 is 2. The van der Waals surface area contributed by atoms with E-state index in [4.69, 9.17) is 14.0 Å². The molecule has 3 rings (SSSR count). The highest BCUT2D eigenvalue weighted by molar-refractivity contribution is 6.02. The van der Waals surface area contributed by atoms with E-state index in [1.54, 1.807) is 12.1 Å². The lowest BCUT2D eigenvalue weighted by molar-refractivity contribution is 0.0597. The van der Waals surface area contributed by atoms with Gasteiger partial charge in [0.25, 0.3) is 5.91 Å². The van der Waals surface area contributed by atoms with Crippen molar-refractivity contribution in [3.63, 3.8) is 0 Å². The Morgan fingerprint density at radius 3 is 2.43 bits per heavy atom. The summed E-state index contributed by atoms with van der Waals surface area (Å²) in [5.41, 5.74) is 2.80. The number of carbonyl (C=O) groups is 2. The second-order valence-electron chi connectivity index (χ2n) is 6.01. The lowest BCUT2D eigenvalue weighted by atomic mass is 10.1. The zero-order chi connectivity index (χ0) is 20.1. The summed E-state index contributed by atoms with van der Waals surface area (Å²) in [4.78, 5) is 24.5. The molecule has 7 heteroatoms. The number of rotatable bonds is 6. The molecular formula is C21H20N2O5. The zero-order valence-corrected chi connectivity index (χ0v) is 15.8. The van der Waals surface area contributed by atoms with E-state index >= 15 is 0 Å². The van der Waals surface area contributed by atoms with Gasteiger partial charge in [0.05, 0.1) is 26.3 Å². The van der Waals surface area contributed by atoms with Gasteiger partial charge in [0, 0.05) is 11.1 Å². The van der Waals surface area contributed by atoms with Crippen molar-refractivity contribution >= 4 is 11.9 Å². The van der Waals surface area contributed by atoms with Gasteiger partial charge in [0.15, 0.2) is 5.76 Å². The first kappa shape index (κ1) is 19.2. The van der Waals surface area contributed by atoms with Gasteiger partial charge in [-0.15, -0.1) is 0 Å². The third-order valence-corrected chi connectivity index (χ3v) is 4.34. The first-order chi connectivity index (χ1) is 13.6. The topological polar surface area (TPSA) is 90.7 Å². The van der Waals surface area contributed by atoms with Gasteiger partial charge in [0.2, 0.25) is 0 Å². The predicted molar refractivity (Wildman–Crippen MR) is 102 cm³/mol. The maximum atomic E-state index is 12.6. The number of aromatic nitrogens is 1. The van der Waals surface area contributed by atoms with E-state index in [1.807, 2.05) is 37.3 Å². The monoisotopic (exact) mass is 380 g/mol. The molecule has 0 fully saturated rings. The van der Waals surface area contributed by atoms with Crippen molar-refractivity contribution in [2.24, 2.45) is 0 Å². The van der Waals surface area contributed by atoms with Crippen molar-refractivity contribution in [3.8, 4) is 17.1 Å². The average Bonchev–Trinajstić information content (AvgIpc) is 3.11. The molecule has 1 aromatic heterocycles. The van der Waals surface area contributed by atoms with Gasteiger partial charge in [-0.25, -0.2) is 4.79 Å². The van der Waals surface area contributed by atoms with E-state index in [0.717, 1.165) is 11.1 Å². The molecule has 1 amide bonds. The van der Waals surface area contributed by atoms with Crippen LogP contribution in [-0.2, 0) is 11.3 Å². The van der Waals surface area contributed by atoms with Crippen LogP contribution in [0.15, 0.2) is 53.1 Å². The number of ether oxygens (including phenoxy) is 2. The van der Waals surface area contributed by atoms with Crippen LogP contribution >= 0.6 is 0 Å². The molecule has 2 aromatic carbocycles. The van der Waals surface area contributed by atoms with E-state index < -0.39 is 11.9 Å². The van der Waals surface area contributed by atoms with E-state index in [1.165, 1.54) is 20.3 Å². The molecule has 0 unspecified atom stereocenters. The first-order valence-electron chi connectivity index (χ1n) is 8.61. The molecule has 0 saturated carbocycles. The first-order valence-corrected chi connectivity index (χ1v) is 8.61. The van der Waals surface area contributed by atoms with Crippen LogP contribution in [0, 0.1) is 6.92 Å². The van der Waals surface area contributed by atoms with Gasteiger partial charge >= 0.3 is 5.97 Å². The molecule has 1 heterocycles. The molecule has 0 atom stereocenters. The van der Waals surface area contributed by atoms with E-state index in [9.17, 15) is 9.59 Å². The van der Waals surface area contributed by atoms with Crippen molar-refractivity contribution in [1.29, 1.82) is 0 Å². The maximum absolute atomic E-state index is 12.6. The minimum absolute atomic E-state index is 0.161. The Morgan fingerprint density at radius 2 is 1.75 bits per heavy atom. The van der Waals surface area contributed by atoms with Crippen LogP contribution in [0.1, 0.15) is 32.0 Å². The molecule has 3 aromatic rings. The molecular weight excluding hydrogens is 360 g/mol. The van der Waals surface area contributed by atoms with Gasteiger partial charge in [0.1, 0.15) is 17.0 Å². The second kappa shape index (κ2) is 8.39. The molecule has 0 bridgehead atoms. The highest BCUT2D eigenvalue weighted by atomic mass is 16.5. The summed E-state index contributed by atoms with van der Waals surface area (Å²) in [6.07, 6.45) is 0. The Morgan fingerprint density at radius 1 is 1.04 bits per heavy atom. The highest BCUT2D eigenvalue weighted by Crippen LogP contribution is 2.26. The van der Waals surface area contributed by atoms with Crippen molar-refractivity contribution in [1.82, 2.24) is 10.5 Å². The molecule has 28 heavy (non-hydrogen) atoms. The summed E-state index contributed by atoms with van der Waals surface area (Å²) in [7, 11) is 2.67. The van der Waals surface area contributed by atoms with Crippen LogP contribution < -0.4 is 10.1 Å². The van der Waals surface area contributed by atoms with Gasteiger partial charge in [-0.05, 0) is 19.1 Å². The van der Waals surface area contributed by atoms with E-state index in [0.29, 0.717) is 11.5 Å². The standard InChI is InChI=1S/C21H20N2O5/c1-13-17(23-28-18(13)14-8-5-4-6-9-14)12-22-20(24)15-10-7-11-16(19(15)26-2)21(25)27-3/h4-11H,12H2,1-3H3,(H,22,24). The number of nitrogens with one attached hydrogen (secondary N) is 1. The summed E-state index contributed by atoms with van der Waals surface area (Å²) in [5, 5.41) is 6.85. The Balaban J connectivity index is 1.79. The van der Waals surface area contributed by atoms with Gasteiger partial charge in [-0.2, -0.15) is 0 Å². The molecule has 0 saturated heterocycles. The summed E-state index contributed by atoms with van der Waals surface area (Å²) >= 11 is 0. The smallest absolute Gasteiger partial charge is 0.341 e. The van der Waals surface area contributed by atoms with Gasteiger partial charge < -0.3 is 19.3 Å². The number of hydrogen-bond donors (Lipinski definition) is 1. The van der Waals surface area contributed by atoms with Crippen molar-refractivity contribution in [3.05, 3.63) is 70.9 Å². The van der Waals surface area contributed by atoms with E-state index in [-0.39, 0.29) is 23.4 Å². The molecule has 0 aliphatic carbocycles. The van der Waals surface area contributed by atoms with Crippen molar-refractivity contribution in [2.75, 3.05) is 14.2 Å². The number of amides is 1. The predicted octanol–water partition coefficient (Wildman–Crippen LogP) is 3.38. The average molecular weight is 380 g/mol. The number of benzene rings is 2. The molecule has 7 nitrogen and oxygen atoms in total. The largest absolute Gasteiger partial charge is 0.495 e. The number of para-hydroxylation sites is 1. The van der Waals surface area contributed by atoms with Crippen LogP contribution in [0.5, 0.6) is 5.75 Å². The Hall–Kier alpha value is -3.61.